The van der Waals surface area contributed by atoms with Crippen molar-refractivity contribution in [1.29, 1.82) is 0 Å². The van der Waals surface area contributed by atoms with E-state index in [-0.39, 0.29) is 12.5 Å². The summed E-state index contributed by atoms with van der Waals surface area (Å²) >= 11 is 1.51. The second-order valence-corrected chi connectivity index (χ2v) is 4.62. The van der Waals surface area contributed by atoms with Gasteiger partial charge < -0.3 is 15.5 Å². The summed E-state index contributed by atoms with van der Waals surface area (Å²) in [6.07, 6.45) is 0.318. The smallest absolute Gasteiger partial charge is 0.334 e. The molecule has 18 heavy (non-hydrogen) atoms. The van der Waals surface area contributed by atoms with Crippen LogP contribution in [0.1, 0.15) is 15.9 Å². The number of aliphatic hydroxyl groups is 1. The molecule has 0 aliphatic heterocycles. The molecule has 1 rings (SSSR count). The Morgan fingerprint density at radius 3 is 2.67 bits per heavy atom. The second kappa shape index (κ2) is 6.42. The standard InChI is InChI=1S/C12H15NO4S/c1-7-3-4-8(18-2)5-9(7)11(15)13-6-10(14)12(16)17/h3-5,10,14H,6H2,1-2H3,(H,13,15)(H,16,17)/t10-/m0/s1. The molecule has 0 aliphatic carbocycles. The molecule has 0 saturated carbocycles. The van der Waals surface area contributed by atoms with Gasteiger partial charge >= 0.3 is 5.97 Å². The second-order valence-electron chi connectivity index (χ2n) is 3.74. The van der Waals surface area contributed by atoms with E-state index in [1.165, 1.54) is 11.8 Å². The van der Waals surface area contributed by atoms with Crippen LogP contribution in [0.3, 0.4) is 0 Å². The molecule has 0 aromatic heterocycles. The Hall–Kier alpha value is -1.53. The van der Waals surface area contributed by atoms with Gasteiger partial charge in [0.15, 0.2) is 6.10 Å². The molecule has 6 heteroatoms. The first-order chi connectivity index (χ1) is 8.45. The number of aliphatic carboxylic acids is 1. The summed E-state index contributed by atoms with van der Waals surface area (Å²) in [5.74, 6) is -1.74. The largest absolute Gasteiger partial charge is 0.479 e. The van der Waals surface area contributed by atoms with Crippen molar-refractivity contribution in [2.75, 3.05) is 12.8 Å². The number of hydrogen-bond donors (Lipinski definition) is 3. The minimum Gasteiger partial charge on any atom is -0.479 e. The third kappa shape index (κ3) is 3.75. The molecule has 0 saturated heterocycles. The van der Waals surface area contributed by atoms with E-state index in [1.807, 2.05) is 18.4 Å². The van der Waals surface area contributed by atoms with E-state index < -0.39 is 12.1 Å². The minimum atomic E-state index is -1.59. The van der Waals surface area contributed by atoms with Crippen molar-refractivity contribution < 1.29 is 19.8 Å². The van der Waals surface area contributed by atoms with Crippen molar-refractivity contribution in [3.8, 4) is 0 Å². The maximum atomic E-state index is 11.8. The van der Waals surface area contributed by atoms with Gasteiger partial charge in [-0.15, -0.1) is 11.8 Å². The summed E-state index contributed by atoms with van der Waals surface area (Å²) in [6, 6.07) is 5.47. The maximum absolute atomic E-state index is 11.8. The van der Waals surface area contributed by atoms with Crippen molar-refractivity contribution in [1.82, 2.24) is 5.32 Å². The first-order valence-electron chi connectivity index (χ1n) is 5.29. The first-order valence-corrected chi connectivity index (χ1v) is 6.52. The number of carboxylic acids is 1. The lowest BCUT2D eigenvalue weighted by Crippen LogP contribution is -2.36. The Morgan fingerprint density at radius 2 is 2.11 bits per heavy atom. The molecule has 0 heterocycles. The minimum absolute atomic E-state index is 0.308. The Balaban J connectivity index is 2.75. The van der Waals surface area contributed by atoms with Gasteiger partial charge in [-0.2, -0.15) is 0 Å². The van der Waals surface area contributed by atoms with Crippen molar-refractivity contribution in [2.45, 2.75) is 17.9 Å². The number of amides is 1. The molecule has 0 aliphatic rings. The van der Waals surface area contributed by atoms with Gasteiger partial charge in [0.25, 0.3) is 5.91 Å². The number of carboxylic acid groups (broad SMARTS) is 1. The van der Waals surface area contributed by atoms with Gasteiger partial charge in [0.2, 0.25) is 0 Å². The van der Waals surface area contributed by atoms with Crippen LogP contribution in [0.25, 0.3) is 0 Å². The number of carbonyl (C=O) groups is 2. The van der Waals surface area contributed by atoms with Crippen LogP contribution in [-0.2, 0) is 4.79 Å². The van der Waals surface area contributed by atoms with E-state index in [0.29, 0.717) is 5.56 Å². The van der Waals surface area contributed by atoms with Crippen molar-refractivity contribution >= 4 is 23.6 Å². The molecule has 98 valence electrons. The highest BCUT2D eigenvalue weighted by Crippen LogP contribution is 2.18. The molecule has 3 N–H and O–H groups in total. The van der Waals surface area contributed by atoms with Gasteiger partial charge in [0, 0.05) is 10.5 Å². The zero-order valence-corrected chi connectivity index (χ0v) is 11.0. The van der Waals surface area contributed by atoms with Crippen LogP contribution in [0, 0.1) is 6.92 Å². The van der Waals surface area contributed by atoms with E-state index in [4.69, 9.17) is 10.2 Å². The van der Waals surface area contributed by atoms with E-state index in [9.17, 15) is 9.59 Å². The Bertz CT molecular complexity index is 461. The highest BCUT2D eigenvalue weighted by Gasteiger charge is 2.16. The molecular formula is C12H15NO4S. The molecule has 5 nitrogen and oxygen atoms in total. The number of carbonyl (C=O) groups excluding carboxylic acids is 1. The number of hydrogen-bond acceptors (Lipinski definition) is 4. The summed E-state index contributed by atoms with van der Waals surface area (Å²) < 4.78 is 0. The quantitative estimate of drug-likeness (QED) is 0.691. The third-order valence-corrected chi connectivity index (χ3v) is 3.16. The lowest BCUT2D eigenvalue weighted by atomic mass is 10.1. The Labute approximate surface area is 109 Å². The summed E-state index contributed by atoms with van der Waals surface area (Å²) in [4.78, 5) is 23.2. The Kier molecular flexibility index (Phi) is 5.18. The van der Waals surface area contributed by atoms with Crippen LogP contribution in [-0.4, -0.2) is 41.0 Å². The lowest BCUT2D eigenvalue weighted by molar-refractivity contribution is -0.146. The van der Waals surface area contributed by atoms with E-state index in [1.54, 1.807) is 13.0 Å². The van der Waals surface area contributed by atoms with Gasteiger partial charge in [-0.1, -0.05) is 6.07 Å². The normalized spacial score (nSPS) is 11.9. The predicted molar refractivity (Wildman–Crippen MR) is 68.9 cm³/mol. The fourth-order valence-electron chi connectivity index (χ4n) is 1.34. The first kappa shape index (κ1) is 14.5. The number of aryl methyl sites for hydroxylation is 1. The van der Waals surface area contributed by atoms with E-state index in [0.717, 1.165) is 10.5 Å². The average molecular weight is 269 g/mol. The predicted octanol–water partition coefficient (Wildman–Crippen LogP) is 0.892. The fraction of sp³-hybridized carbons (Fsp3) is 0.333. The summed E-state index contributed by atoms with van der Waals surface area (Å²) in [5, 5.41) is 20.0. The molecule has 0 unspecified atom stereocenters. The SMILES string of the molecule is CSc1ccc(C)c(C(=O)NC[C@H](O)C(=O)O)c1. The van der Waals surface area contributed by atoms with Gasteiger partial charge in [0.1, 0.15) is 0 Å². The van der Waals surface area contributed by atoms with Crippen LogP contribution in [0.15, 0.2) is 23.1 Å². The highest BCUT2D eigenvalue weighted by molar-refractivity contribution is 7.98. The highest BCUT2D eigenvalue weighted by atomic mass is 32.2. The molecule has 0 radical (unpaired) electrons. The average Bonchev–Trinajstić information content (AvgIpc) is 2.35. The maximum Gasteiger partial charge on any atom is 0.334 e. The topological polar surface area (TPSA) is 86.6 Å². The van der Waals surface area contributed by atoms with Gasteiger partial charge in [0.05, 0.1) is 6.54 Å². The van der Waals surface area contributed by atoms with Crippen LogP contribution < -0.4 is 5.32 Å². The number of nitrogens with one attached hydrogen (secondary N) is 1. The molecule has 0 bridgehead atoms. The lowest BCUT2D eigenvalue weighted by Gasteiger charge is -2.10. The fourth-order valence-corrected chi connectivity index (χ4v) is 1.78. The molecule has 1 atom stereocenters. The van der Waals surface area contributed by atoms with Crippen molar-refractivity contribution in [3.05, 3.63) is 29.3 Å². The van der Waals surface area contributed by atoms with Crippen molar-refractivity contribution in [2.24, 2.45) is 0 Å². The number of thioether (sulfide) groups is 1. The van der Waals surface area contributed by atoms with E-state index in [2.05, 4.69) is 5.32 Å². The van der Waals surface area contributed by atoms with E-state index >= 15 is 0 Å². The van der Waals surface area contributed by atoms with Gasteiger partial charge in [-0.3, -0.25) is 4.79 Å². The molecule has 1 amide bonds. The number of aliphatic hydroxyl groups excluding tert-OH is 1. The monoisotopic (exact) mass is 269 g/mol. The summed E-state index contributed by atoms with van der Waals surface area (Å²) in [6.45, 7) is 1.49. The van der Waals surface area contributed by atoms with Crippen LogP contribution in [0.4, 0.5) is 0 Å². The summed E-state index contributed by atoms with van der Waals surface area (Å²) in [5.41, 5.74) is 1.29. The number of benzene rings is 1. The zero-order valence-electron chi connectivity index (χ0n) is 10.1. The van der Waals surface area contributed by atoms with Crippen LogP contribution >= 0.6 is 11.8 Å². The van der Waals surface area contributed by atoms with Gasteiger partial charge in [-0.05, 0) is 30.9 Å². The van der Waals surface area contributed by atoms with Gasteiger partial charge in [-0.25, -0.2) is 4.79 Å². The third-order valence-electron chi connectivity index (χ3n) is 2.43. The summed E-state index contributed by atoms with van der Waals surface area (Å²) in [7, 11) is 0. The molecule has 0 fully saturated rings. The molecule has 1 aromatic rings. The Morgan fingerprint density at radius 1 is 1.44 bits per heavy atom. The molecular weight excluding hydrogens is 254 g/mol. The number of rotatable bonds is 5. The zero-order chi connectivity index (χ0) is 13.7. The van der Waals surface area contributed by atoms with Crippen molar-refractivity contribution in [3.63, 3.8) is 0 Å². The van der Waals surface area contributed by atoms with Crippen LogP contribution in [0.5, 0.6) is 0 Å². The molecule has 0 spiro atoms. The van der Waals surface area contributed by atoms with Crippen LogP contribution in [0.2, 0.25) is 0 Å². The molecule has 1 aromatic carbocycles.